The Labute approximate surface area is 161 Å². The van der Waals surface area contributed by atoms with Crippen LogP contribution in [0.3, 0.4) is 0 Å². The Morgan fingerprint density at radius 3 is 3.00 bits per heavy atom. The number of rotatable bonds is 6. The molecule has 2 heterocycles. The molecule has 2 aromatic rings. The molecular weight excluding hydrogens is 368 g/mol. The van der Waals surface area contributed by atoms with E-state index >= 15 is 0 Å². The van der Waals surface area contributed by atoms with Crippen LogP contribution in [-0.4, -0.2) is 33.8 Å². The summed E-state index contributed by atoms with van der Waals surface area (Å²) in [4.78, 5) is 26.5. The summed E-state index contributed by atoms with van der Waals surface area (Å²) in [6.45, 7) is 6.63. The van der Waals surface area contributed by atoms with Gasteiger partial charge in [-0.2, -0.15) is 0 Å². The molecule has 1 N–H and O–H groups in total. The van der Waals surface area contributed by atoms with Crippen LogP contribution in [0.25, 0.3) is 0 Å². The summed E-state index contributed by atoms with van der Waals surface area (Å²) in [5.41, 5.74) is 1.93. The summed E-state index contributed by atoms with van der Waals surface area (Å²) >= 11 is 3.03. The Morgan fingerprint density at radius 2 is 2.27 bits per heavy atom. The van der Waals surface area contributed by atoms with Crippen molar-refractivity contribution in [2.45, 2.75) is 43.2 Å². The van der Waals surface area contributed by atoms with Crippen LogP contribution in [-0.2, 0) is 9.59 Å². The molecule has 0 spiro atoms. The summed E-state index contributed by atoms with van der Waals surface area (Å²) in [5.74, 6) is -0.580. The number of nitrogens with zero attached hydrogens (tertiary/aromatic N) is 3. The Balaban J connectivity index is 1.61. The minimum Gasteiger partial charge on any atom is -0.312 e. The SMILES string of the molecule is CC[C@@H](C)Sc1nnc(NC(=O)[C@@H]2CC(=O)N(c3cccc(C)c3)C2)s1. The molecule has 0 radical (unpaired) electrons. The van der Waals surface area contributed by atoms with Crippen molar-refractivity contribution in [3.8, 4) is 0 Å². The molecule has 8 heteroatoms. The monoisotopic (exact) mass is 390 g/mol. The zero-order chi connectivity index (χ0) is 18.7. The van der Waals surface area contributed by atoms with Gasteiger partial charge in [0.05, 0.1) is 5.92 Å². The number of carbonyl (C=O) groups excluding carboxylic acids is 2. The molecule has 26 heavy (non-hydrogen) atoms. The number of aryl methyl sites for hydroxylation is 1. The molecule has 3 rings (SSSR count). The lowest BCUT2D eigenvalue weighted by Crippen LogP contribution is -2.28. The summed E-state index contributed by atoms with van der Waals surface area (Å²) in [6.07, 6.45) is 1.26. The zero-order valence-corrected chi connectivity index (χ0v) is 16.7. The maximum Gasteiger partial charge on any atom is 0.231 e. The van der Waals surface area contributed by atoms with Gasteiger partial charge in [-0.15, -0.1) is 10.2 Å². The first-order valence-electron chi connectivity index (χ1n) is 8.64. The van der Waals surface area contributed by atoms with Crippen molar-refractivity contribution < 1.29 is 9.59 Å². The average molecular weight is 391 g/mol. The lowest BCUT2D eigenvalue weighted by molar-refractivity contribution is -0.122. The third-order valence-electron chi connectivity index (χ3n) is 4.32. The second-order valence-corrected chi connectivity index (χ2v) is 9.11. The Hall–Kier alpha value is -1.93. The fourth-order valence-electron chi connectivity index (χ4n) is 2.70. The fraction of sp³-hybridized carbons (Fsp3) is 0.444. The van der Waals surface area contributed by atoms with Crippen molar-refractivity contribution in [2.24, 2.45) is 5.92 Å². The highest BCUT2D eigenvalue weighted by molar-refractivity contribution is 8.01. The number of hydrogen-bond acceptors (Lipinski definition) is 6. The molecule has 0 unspecified atom stereocenters. The van der Waals surface area contributed by atoms with Crippen LogP contribution in [0.2, 0.25) is 0 Å². The van der Waals surface area contributed by atoms with Crippen molar-refractivity contribution in [3.05, 3.63) is 29.8 Å². The van der Waals surface area contributed by atoms with Gasteiger partial charge < -0.3 is 10.2 Å². The van der Waals surface area contributed by atoms with Gasteiger partial charge in [-0.25, -0.2) is 0 Å². The van der Waals surface area contributed by atoms with E-state index in [9.17, 15) is 9.59 Å². The molecular formula is C18H22N4O2S2. The van der Waals surface area contributed by atoms with Crippen LogP contribution in [0, 0.1) is 12.8 Å². The highest BCUT2D eigenvalue weighted by Crippen LogP contribution is 2.31. The van der Waals surface area contributed by atoms with Crippen LogP contribution in [0.4, 0.5) is 10.8 Å². The largest absolute Gasteiger partial charge is 0.312 e. The quantitative estimate of drug-likeness (QED) is 0.601. The van der Waals surface area contributed by atoms with Crippen LogP contribution in [0.1, 0.15) is 32.3 Å². The van der Waals surface area contributed by atoms with Gasteiger partial charge in [0.2, 0.25) is 16.9 Å². The number of hydrogen-bond donors (Lipinski definition) is 1. The minimum atomic E-state index is -0.377. The maximum absolute atomic E-state index is 12.5. The van der Waals surface area contributed by atoms with E-state index in [-0.39, 0.29) is 24.2 Å². The van der Waals surface area contributed by atoms with Gasteiger partial charge in [-0.1, -0.05) is 49.1 Å². The van der Waals surface area contributed by atoms with Gasteiger partial charge in [0.15, 0.2) is 4.34 Å². The third kappa shape index (κ3) is 4.42. The second-order valence-electron chi connectivity index (χ2n) is 6.44. The molecule has 1 aromatic heterocycles. The average Bonchev–Trinajstić information content (AvgIpc) is 3.21. The molecule has 2 amide bonds. The number of benzene rings is 1. The predicted octanol–water partition coefficient (Wildman–Crippen LogP) is 3.73. The third-order valence-corrected chi connectivity index (χ3v) is 6.51. The molecule has 1 aliphatic heterocycles. The maximum atomic E-state index is 12.5. The van der Waals surface area contributed by atoms with Crippen molar-refractivity contribution >= 4 is 45.7 Å². The number of nitrogens with one attached hydrogen (secondary N) is 1. The van der Waals surface area contributed by atoms with E-state index in [0.717, 1.165) is 22.0 Å². The van der Waals surface area contributed by atoms with E-state index in [1.165, 1.54) is 11.3 Å². The zero-order valence-electron chi connectivity index (χ0n) is 15.1. The lowest BCUT2D eigenvalue weighted by atomic mass is 10.1. The molecule has 1 aliphatic rings. The van der Waals surface area contributed by atoms with Gasteiger partial charge in [-0.05, 0) is 31.0 Å². The number of aromatic nitrogens is 2. The number of thioether (sulfide) groups is 1. The Kier molecular flexibility index (Phi) is 5.93. The summed E-state index contributed by atoms with van der Waals surface area (Å²) in [5, 5.41) is 11.9. The topological polar surface area (TPSA) is 75.2 Å². The number of carbonyl (C=O) groups is 2. The van der Waals surface area contributed by atoms with Crippen LogP contribution >= 0.6 is 23.1 Å². The fourth-order valence-corrected chi connectivity index (χ4v) is 4.70. The van der Waals surface area contributed by atoms with Gasteiger partial charge >= 0.3 is 0 Å². The van der Waals surface area contributed by atoms with E-state index in [0.29, 0.717) is 16.9 Å². The highest BCUT2D eigenvalue weighted by atomic mass is 32.2. The normalized spacial score (nSPS) is 18.2. The Morgan fingerprint density at radius 1 is 1.46 bits per heavy atom. The van der Waals surface area contributed by atoms with Gasteiger partial charge in [0.25, 0.3) is 0 Å². The van der Waals surface area contributed by atoms with Gasteiger partial charge in [0.1, 0.15) is 0 Å². The van der Waals surface area contributed by atoms with E-state index in [2.05, 4.69) is 29.4 Å². The predicted molar refractivity (Wildman–Crippen MR) is 106 cm³/mol. The molecule has 0 bridgehead atoms. The van der Waals surface area contributed by atoms with Crippen LogP contribution < -0.4 is 10.2 Å². The van der Waals surface area contributed by atoms with E-state index in [1.54, 1.807) is 16.7 Å². The van der Waals surface area contributed by atoms with E-state index in [4.69, 9.17) is 0 Å². The van der Waals surface area contributed by atoms with Gasteiger partial charge in [0, 0.05) is 23.9 Å². The van der Waals surface area contributed by atoms with Crippen molar-refractivity contribution in [1.82, 2.24) is 10.2 Å². The van der Waals surface area contributed by atoms with Crippen molar-refractivity contribution in [1.29, 1.82) is 0 Å². The first kappa shape index (κ1) is 18.8. The first-order valence-corrected chi connectivity index (χ1v) is 10.3. The molecule has 1 saturated heterocycles. The summed E-state index contributed by atoms with van der Waals surface area (Å²) in [7, 11) is 0. The van der Waals surface area contributed by atoms with Crippen molar-refractivity contribution in [2.75, 3.05) is 16.8 Å². The summed E-state index contributed by atoms with van der Waals surface area (Å²) < 4.78 is 0.846. The number of anilines is 2. The standard InChI is InChI=1S/C18H22N4O2S2/c1-4-12(3)25-18-21-20-17(26-18)19-16(24)13-9-15(23)22(10-13)14-7-5-6-11(2)8-14/h5-8,12-13H,4,9-10H2,1-3H3,(H,19,20,24)/t12-,13-/m1/s1. The first-order chi connectivity index (χ1) is 12.5. The van der Waals surface area contributed by atoms with Crippen LogP contribution in [0.5, 0.6) is 0 Å². The molecule has 138 valence electrons. The minimum absolute atomic E-state index is 0.0268. The summed E-state index contributed by atoms with van der Waals surface area (Å²) in [6, 6.07) is 7.76. The van der Waals surface area contributed by atoms with Crippen molar-refractivity contribution in [3.63, 3.8) is 0 Å². The molecule has 0 saturated carbocycles. The smallest absolute Gasteiger partial charge is 0.231 e. The van der Waals surface area contributed by atoms with E-state index < -0.39 is 0 Å². The molecule has 0 aliphatic carbocycles. The highest BCUT2D eigenvalue weighted by Gasteiger charge is 2.35. The molecule has 6 nitrogen and oxygen atoms in total. The molecule has 1 aromatic carbocycles. The number of amides is 2. The van der Waals surface area contributed by atoms with E-state index in [1.807, 2.05) is 31.2 Å². The van der Waals surface area contributed by atoms with Gasteiger partial charge in [-0.3, -0.25) is 9.59 Å². The molecule has 2 atom stereocenters. The van der Waals surface area contributed by atoms with Crippen LogP contribution in [0.15, 0.2) is 28.6 Å². The molecule has 1 fully saturated rings. The Bertz CT molecular complexity index is 808. The lowest BCUT2D eigenvalue weighted by Gasteiger charge is -2.17. The second kappa shape index (κ2) is 8.18.